The molecule has 0 aromatic carbocycles. The summed E-state index contributed by atoms with van der Waals surface area (Å²) >= 11 is 0. The van der Waals surface area contributed by atoms with Crippen LogP contribution in [0.1, 0.15) is 36.8 Å². The van der Waals surface area contributed by atoms with E-state index in [1.54, 1.807) is 0 Å². The Kier molecular flexibility index (Phi) is 2.86. The van der Waals surface area contributed by atoms with Crippen LogP contribution in [0.4, 0.5) is 5.82 Å². The first kappa shape index (κ1) is 10.4. The van der Waals surface area contributed by atoms with Crippen molar-refractivity contribution in [1.29, 1.82) is 0 Å². The molecule has 0 amide bonds. The van der Waals surface area contributed by atoms with E-state index in [0.29, 0.717) is 11.7 Å². The van der Waals surface area contributed by atoms with Gasteiger partial charge < -0.3 is 10.5 Å². The van der Waals surface area contributed by atoms with E-state index in [1.807, 2.05) is 0 Å². The van der Waals surface area contributed by atoms with E-state index in [9.17, 15) is 0 Å². The number of nitrogen functional groups attached to an aromatic ring is 1. The summed E-state index contributed by atoms with van der Waals surface area (Å²) in [5, 5.41) is 0. The van der Waals surface area contributed by atoms with Crippen molar-refractivity contribution >= 4 is 5.82 Å². The van der Waals surface area contributed by atoms with Crippen LogP contribution >= 0.6 is 0 Å². The van der Waals surface area contributed by atoms with Gasteiger partial charge in [0.05, 0.1) is 18.9 Å². The molecule has 0 radical (unpaired) electrons. The number of hydrogen-bond acceptors (Lipinski definition) is 4. The molecule has 0 saturated heterocycles. The second-order valence-electron chi connectivity index (χ2n) is 4.16. The minimum absolute atomic E-state index is 0.321. The van der Waals surface area contributed by atoms with Gasteiger partial charge in [0.2, 0.25) is 0 Å². The maximum atomic E-state index is 5.94. The molecule has 2 rings (SSSR count). The fourth-order valence-electron chi connectivity index (χ4n) is 1.75. The molecular formula is C11H17N3O. The van der Waals surface area contributed by atoms with Crippen LogP contribution in [0, 0.1) is 0 Å². The Morgan fingerprint density at radius 3 is 2.67 bits per heavy atom. The quantitative estimate of drug-likeness (QED) is 0.754. The van der Waals surface area contributed by atoms with Gasteiger partial charge in [0, 0.05) is 24.3 Å². The molecule has 4 heteroatoms. The summed E-state index contributed by atoms with van der Waals surface area (Å²) in [7, 11) is 0. The summed E-state index contributed by atoms with van der Waals surface area (Å²) in [6.45, 7) is 5.62. The van der Waals surface area contributed by atoms with Crippen LogP contribution in [0.5, 0.6) is 0 Å². The second-order valence-corrected chi connectivity index (χ2v) is 4.16. The van der Waals surface area contributed by atoms with Gasteiger partial charge in [0.15, 0.2) is 0 Å². The number of rotatable bonds is 1. The van der Waals surface area contributed by atoms with Gasteiger partial charge in [0.1, 0.15) is 11.6 Å². The lowest BCUT2D eigenvalue weighted by molar-refractivity contribution is 0.146. The van der Waals surface area contributed by atoms with E-state index in [4.69, 9.17) is 10.5 Å². The predicted octanol–water partition coefficient (Wildman–Crippen LogP) is 1.30. The monoisotopic (exact) mass is 207 g/mol. The molecular weight excluding hydrogens is 190 g/mol. The minimum Gasteiger partial charge on any atom is -0.383 e. The maximum Gasteiger partial charge on any atom is 0.133 e. The third-order valence-corrected chi connectivity index (χ3v) is 2.64. The third-order valence-electron chi connectivity index (χ3n) is 2.64. The highest BCUT2D eigenvalue weighted by molar-refractivity contribution is 5.43. The Morgan fingerprint density at radius 2 is 1.93 bits per heavy atom. The fourth-order valence-corrected chi connectivity index (χ4v) is 1.75. The Bertz CT molecular complexity index is 363. The zero-order valence-corrected chi connectivity index (χ0v) is 9.29. The number of hydrogen-bond donors (Lipinski definition) is 1. The summed E-state index contributed by atoms with van der Waals surface area (Å²) < 4.78 is 5.41. The molecule has 0 spiro atoms. The maximum absolute atomic E-state index is 5.94. The molecule has 0 atom stereocenters. The first-order chi connectivity index (χ1) is 7.18. The normalized spacial score (nSPS) is 16.2. The van der Waals surface area contributed by atoms with E-state index in [-0.39, 0.29) is 0 Å². The number of fused-ring (bicyclic) bond motifs is 1. The van der Waals surface area contributed by atoms with Gasteiger partial charge in [0.25, 0.3) is 0 Å². The van der Waals surface area contributed by atoms with Crippen molar-refractivity contribution in [3.05, 3.63) is 17.1 Å². The van der Waals surface area contributed by atoms with Gasteiger partial charge in [-0.25, -0.2) is 9.97 Å². The fraction of sp³-hybridized carbons (Fsp3) is 0.636. The Hall–Kier alpha value is -1.16. The van der Waals surface area contributed by atoms with E-state index in [2.05, 4.69) is 23.8 Å². The summed E-state index contributed by atoms with van der Waals surface area (Å²) in [5.41, 5.74) is 8.10. The zero-order valence-electron chi connectivity index (χ0n) is 9.29. The average Bonchev–Trinajstić information content (AvgIpc) is 2.42. The number of nitrogens with zero attached hydrogens (tertiary/aromatic N) is 2. The summed E-state index contributed by atoms with van der Waals surface area (Å²) in [6.07, 6.45) is 1.68. The molecule has 1 aliphatic heterocycles. The van der Waals surface area contributed by atoms with Crippen LogP contribution in [0.15, 0.2) is 0 Å². The van der Waals surface area contributed by atoms with Crippen LogP contribution in [-0.2, 0) is 17.6 Å². The van der Waals surface area contributed by atoms with E-state index in [0.717, 1.165) is 43.1 Å². The summed E-state index contributed by atoms with van der Waals surface area (Å²) in [6, 6.07) is 0. The third kappa shape index (κ3) is 2.09. The zero-order chi connectivity index (χ0) is 10.8. The van der Waals surface area contributed by atoms with Crippen molar-refractivity contribution in [2.24, 2.45) is 0 Å². The Balaban J connectivity index is 2.44. The van der Waals surface area contributed by atoms with Crippen LogP contribution in [-0.4, -0.2) is 23.2 Å². The van der Waals surface area contributed by atoms with Crippen molar-refractivity contribution < 1.29 is 4.74 Å². The van der Waals surface area contributed by atoms with Gasteiger partial charge in [-0.05, 0) is 0 Å². The lowest BCUT2D eigenvalue weighted by atomic mass is 10.1. The molecule has 0 aliphatic carbocycles. The summed E-state index contributed by atoms with van der Waals surface area (Å²) in [4.78, 5) is 8.90. The average molecular weight is 207 g/mol. The molecule has 1 aliphatic rings. The van der Waals surface area contributed by atoms with E-state index >= 15 is 0 Å². The van der Waals surface area contributed by atoms with Crippen molar-refractivity contribution in [2.75, 3.05) is 18.9 Å². The number of ether oxygens (including phenoxy) is 1. The van der Waals surface area contributed by atoms with Gasteiger partial charge in [-0.2, -0.15) is 0 Å². The van der Waals surface area contributed by atoms with Gasteiger partial charge in [-0.1, -0.05) is 13.8 Å². The van der Waals surface area contributed by atoms with Gasteiger partial charge in [-0.15, -0.1) is 0 Å². The van der Waals surface area contributed by atoms with E-state index < -0.39 is 0 Å². The first-order valence-electron chi connectivity index (χ1n) is 5.41. The standard InChI is InChI=1S/C11H17N3O/c1-7(2)11-13-9-4-6-15-5-3-8(9)10(12)14-11/h7H,3-6H2,1-2H3,(H2,12,13,14). The molecule has 4 nitrogen and oxygen atoms in total. The SMILES string of the molecule is CC(C)c1nc(N)c2c(n1)CCOCC2. The molecule has 82 valence electrons. The van der Waals surface area contributed by atoms with Crippen LogP contribution in [0.2, 0.25) is 0 Å². The lowest BCUT2D eigenvalue weighted by Crippen LogP contribution is -2.10. The van der Waals surface area contributed by atoms with Crippen molar-refractivity contribution in [3.63, 3.8) is 0 Å². The van der Waals surface area contributed by atoms with Gasteiger partial charge >= 0.3 is 0 Å². The van der Waals surface area contributed by atoms with Gasteiger partial charge in [-0.3, -0.25) is 0 Å². The van der Waals surface area contributed by atoms with Crippen LogP contribution < -0.4 is 5.73 Å². The predicted molar refractivity (Wildman–Crippen MR) is 58.8 cm³/mol. The number of anilines is 1. The molecule has 0 bridgehead atoms. The first-order valence-corrected chi connectivity index (χ1v) is 5.41. The largest absolute Gasteiger partial charge is 0.383 e. The smallest absolute Gasteiger partial charge is 0.133 e. The molecule has 15 heavy (non-hydrogen) atoms. The highest BCUT2D eigenvalue weighted by Gasteiger charge is 2.16. The van der Waals surface area contributed by atoms with Crippen LogP contribution in [0.25, 0.3) is 0 Å². The molecule has 0 saturated carbocycles. The highest BCUT2D eigenvalue weighted by Crippen LogP contribution is 2.20. The second kappa shape index (κ2) is 4.14. The number of nitrogens with two attached hydrogens (primary N) is 1. The van der Waals surface area contributed by atoms with Crippen LogP contribution in [0.3, 0.4) is 0 Å². The molecule has 0 unspecified atom stereocenters. The topological polar surface area (TPSA) is 61.0 Å². The molecule has 1 aromatic heterocycles. The van der Waals surface area contributed by atoms with Crippen molar-refractivity contribution in [3.8, 4) is 0 Å². The molecule has 2 heterocycles. The molecule has 2 N–H and O–H groups in total. The minimum atomic E-state index is 0.321. The summed E-state index contributed by atoms with van der Waals surface area (Å²) in [5.74, 6) is 1.80. The lowest BCUT2D eigenvalue weighted by Gasteiger charge is -2.11. The van der Waals surface area contributed by atoms with E-state index in [1.165, 1.54) is 0 Å². The highest BCUT2D eigenvalue weighted by atomic mass is 16.5. The Morgan fingerprint density at radius 1 is 1.20 bits per heavy atom. The Labute approximate surface area is 89.9 Å². The molecule has 1 aromatic rings. The number of aromatic nitrogens is 2. The van der Waals surface area contributed by atoms with Crippen molar-refractivity contribution in [1.82, 2.24) is 9.97 Å². The molecule has 0 fully saturated rings. The van der Waals surface area contributed by atoms with Crippen molar-refractivity contribution in [2.45, 2.75) is 32.6 Å².